The van der Waals surface area contributed by atoms with Gasteiger partial charge in [-0.25, -0.2) is 4.79 Å². The molecule has 0 saturated heterocycles. The van der Waals surface area contributed by atoms with Gasteiger partial charge in [0.15, 0.2) is 0 Å². The molecule has 3 aromatic carbocycles. The van der Waals surface area contributed by atoms with Crippen LogP contribution < -0.4 is 10.1 Å². The number of rotatable bonds is 13. The fourth-order valence-corrected chi connectivity index (χ4v) is 4.73. The summed E-state index contributed by atoms with van der Waals surface area (Å²) in [6, 6.07) is 24.7. The Morgan fingerprint density at radius 3 is 2.17 bits per heavy atom. The van der Waals surface area contributed by atoms with E-state index in [1.54, 1.807) is 0 Å². The Kier molecular flexibility index (Phi) is 9.61. The monoisotopic (exact) mass is 483 g/mol. The van der Waals surface area contributed by atoms with E-state index >= 15 is 0 Å². The smallest absolute Gasteiger partial charge is 0.407 e. The van der Waals surface area contributed by atoms with Gasteiger partial charge in [-0.15, -0.1) is 0 Å². The van der Waals surface area contributed by atoms with Crippen molar-refractivity contribution in [2.45, 2.75) is 51.4 Å². The van der Waals surface area contributed by atoms with Crippen LogP contribution in [0.25, 0.3) is 17.2 Å². The van der Waals surface area contributed by atoms with Crippen LogP contribution >= 0.6 is 0 Å². The number of hydrogen-bond donors (Lipinski definition) is 1. The van der Waals surface area contributed by atoms with Crippen LogP contribution in [-0.2, 0) is 4.74 Å². The van der Waals surface area contributed by atoms with Crippen molar-refractivity contribution in [1.29, 1.82) is 0 Å². The van der Waals surface area contributed by atoms with Gasteiger partial charge in [0, 0.05) is 12.5 Å². The molecule has 36 heavy (non-hydrogen) atoms. The summed E-state index contributed by atoms with van der Waals surface area (Å²) in [6.07, 6.45) is 11.1. The summed E-state index contributed by atoms with van der Waals surface area (Å²) in [7, 11) is 0. The SMILES string of the molecule is CCCCCCCCOc1ccc(C=CCNC(=O)OCC2c3ccccc3-c3ccccc32)cc1. The highest BCUT2D eigenvalue weighted by Gasteiger charge is 2.28. The number of alkyl carbamates (subject to hydrolysis) is 1. The molecule has 0 unspecified atom stereocenters. The Morgan fingerprint density at radius 2 is 1.47 bits per heavy atom. The third-order valence-electron chi connectivity index (χ3n) is 6.66. The summed E-state index contributed by atoms with van der Waals surface area (Å²) in [6.45, 7) is 3.74. The predicted octanol–water partition coefficient (Wildman–Crippen LogP) is 7.98. The van der Waals surface area contributed by atoms with Crippen molar-refractivity contribution in [3.8, 4) is 16.9 Å². The number of amides is 1. The number of ether oxygens (including phenoxy) is 2. The quantitative estimate of drug-likeness (QED) is 0.251. The van der Waals surface area contributed by atoms with Crippen LogP contribution in [-0.4, -0.2) is 25.9 Å². The van der Waals surface area contributed by atoms with Gasteiger partial charge in [0.25, 0.3) is 0 Å². The number of carbonyl (C=O) groups excluding carboxylic acids is 1. The molecule has 4 heteroatoms. The fraction of sp³-hybridized carbons (Fsp3) is 0.344. The van der Waals surface area contributed by atoms with Gasteiger partial charge < -0.3 is 14.8 Å². The maximum atomic E-state index is 12.3. The number of nitrogens with one attached hydrogen (secondary N) is 1. The number of unbranched alkanes of at least 4 members (excludes halogenated alkanes) is 5. The Bertz CT molecular complexity index is 1090. The molecule has 0 fully saturated rings. The highest BCUT2D eigenvalue weighted by molar-refractivity contribution is 5.79. The van der Waals surface area contributed by atoms with Crippen molar-refractivity contribution in [2.24, 2.45) is 0 Å². The maximum Gasteiger partial charge on any atom is 0.407 e. The van der Waals surface area contributed by atoms with Gasteiger partial charge in [-0.3, -0.25) is 0 Å². The predicted molar refractivity (Wildman–Crippen MR) is 147 cm³/mol. The Morgan fingerprint density at radius 1 is 0.833 bits per heavy atom. The van der Waals surface area contributed by atoms with Crippen LogP contribution in [0, 0.1) is 0 Å². The van der Waals surface area contributed by atoms with E-state index in [1.807, 2.05) is 48.6 Å². The third kappa shape index (κ3) is 7.00. The number of hydrogen-bond acceptors (Lipinski definition) is 3. The molecule has 0 aromatic heterocycles. The summed E-state index contributed by atoms with van der Waals surface area (Å²) < 4.78 is 11.4. The normalized spacial score (nSPS) is 12.4. The fourth-order valence-electron chi connectivity index (χ4n) is 4.73. The largest absolute Gasteiger partial charge is 0.494 e. The Hall–Kier alpha value is -3.53. The molecule has 0 bridgehead atoms. The first-order valence-electron chi connectivity index (χ1n) is 13.2. The Balaban J connectivity index is 1.16. The lowest BCUT2D eigenvalue weighted by molar-refractivity contribution is 0.144. The van der Waals surface area contributed by atoms with Crippen LogP contribution in [0.1, 0.15) is 68.1 Å². The summed E-state index contributed by atoms with van der Waals surface area (Å²) >= 11 is 0. The lowest BCUT2D eigenvalue weighted by Gasteiger charge is -2.14. The van der Waals surface area contributed by atoms with Crippen LogP contribution in [0.5, 0.6) is 5.75 Å². The molecular weight excluding hydrogens is 446 g/mol. The lowest BCUT2D eigenvalue weighted by atomic mass is 9.98. The van der Waals surface area contributed by atoms with Crippen molar-refractivity contribution < 1.29 is 14.3 Å². The van der Waals surface area contributed by atoms with Crippen molar-refractivity contribution in [3.05, 3.63) is 95.6 Å². The minimum Gasteiger partial charge on any atom is -0.494 e. The first-order chi connectivity index (χ1) is 17.8. The van der Waals surface area contributed by atoms with Gasteiger partial charge in [0.05, 0.1) is 6.61 Å². The molecule has 0 atom stereocenters. The average molecular weight is 484 g/mol. The van der Waals surface area contributed by atoms with Crippen molar-refractivity contribution in [3.63, 3.8) is 0 Å². The van der Waals surface area contributed by atoms with Crippen LogP contribution in [0.15, 0.2) is 78.9 Å². The molecule has 3 aromatic rings. The van der Waals surface area contributed by atoms with E-state index in [9.17, 15) is 4.79 Å². The van der Waals surface area contributed by atoms with E-state index < -0.39 is 6.09 Å². The zero-order chi connectivity index (χ0) is 25.0. The van der Waals surface area contributed by atoms with Gasteiger partial charge in [0.2, 0.25) is 0 Å². The zero-order valence-corrected chi connectivity index (χ0v) is 21.2. The van der Waals surface area contributed by atoms with Crippen molar-refractivity contribution in [2.75, 3.05) is 19.8 Å². The first kappa shape index (κ1) is 25.6. The first-order valence-corrected chi connectivity index (χ1v) is 13.2. The molecule has 1 aliphatic rings. The highest BCUT2D eigenvalue weighted by atomic mass is 16.5. The van der Waals surface area contributed by atoms with Crippen LogP contribution in [0.4, 0.5) is 4.79 Å². The van der Waals surface area contributed by atoms with E-state index in [4.69, 9.17) is 9.47 Å². The van der Waals surface area contributed by atoms with Gasteiger partial charge in [0.1, 0.15) is 12.4 Å². The van der Waals surface area contributed by atoms with E-state index in [0.29, 0.717) is 13.2 Å². The molecule has 1 aliphatic carbocycles. The maximum absolute atomic E-state index is 12.3. The van der Waals surface area contributed by atoms with E-state index in [0.717, 1.165) is 24.3 Å². The zero-order valence-electron chi connectivity index (χ0n) is 21.2. The minimum absolute atomic E-state index is 0.0699. The second kappa shape index (κ2) is 13.5. The molecule has 1 amide bonds. The average Bonchev–Trinajstić information content (AvgIpc) is 3.24. The van der Waals surface area contributed by atoms with Gasteiger partial charge in [-0.05, 0) is 46.4 Å². The molecule has 0 spiro atoms. The van der Waals surface area contributed by atoms with Gasteiger partial charge in [-0.1, -0.05) is 112 Å². The standard InChI is InChI=1S/C32H37NO3/c1-2-3-4-5-6-11-23-35-26-20-18-25(19-21-26)13-12-22-33-32(34)36-24-31-29-16-9-7-14-27(29)28-15-8-10-17-30(28)31/h7-10,12-21,31H,2-6,11,22-24H2,1H3,(H,33,34). The molecule has 0 saturated carbocycles. The summed E-state index contributed by atoms with van der Waals surface area (Å²) in [5.74, 6) is 0.970. The molecule has 188 valence electrons. The summed E-state index contributed by atoms with van der Waals surface area (Å²) in [4.78, 5) is 12.3. The van der Waals surface area contributed by atoms with E-state index in [2.05, 4.69) is 48.6 Å². The molecule has 0 aliphatic heterocycles. The van der Waals surface area contributed by atoms with Crippen molar-refractivity contribution in [1.82, 2.24) is 5.32 Å². The summed E-state index contributed by atoms with van der Waals surface area (Å²) in [5.41, 5.74) is 5.94. The molecule has 4 rings (SSSR count). The number of fused-ring (bicyclic) bond motifs is 3. The van der Waals surface area contributed by atoms with Crippen molar-refractivity contribution >= 4 is 12.2 Å². The third-order valence-corrected chi connectivity index (χ3v) is 6.66. The van der Waals surface area contributed by atoms with Crippen LogP contribution in [0.3, 0.4) is 0 Å². The second-order valence-corrected chi connectivity index (χ2v) is 9.29. The molecule has 1 N–H and O–H groups in total. The highest BCUT2D eigenvalue weighted by Crippen LogP contribution is 2.44. The lowest BCUT2D eigenvalue weighted by Crippen LogP contribution is -2.26. The van der Waals surface area contributed by atoms with E-state index in [1.165, 1.54) is 54.4 Å². The van der Waals surface area contributed by atoms with Gasteiger partial charge >= 0.3 is 6.09 Å². The minimum atomic E-state index is -0.403. The molecular formula is C32H37NO3. The second-order valence-electron chi connectivity index (χ2n) is 9.29. The topological polar surface area (TPSA) is 47.6 Å². The number of carbonyl (C=O) groups is 1. The molecule has 4 nitrogen and oxygen atoms in total. The Labute approximate surface area is 215 Å². The number of benzene rings is 3. The summed E-state index contributed by atoms with van der Waals surface area (Å²) in [5, 5.41) is 2.82. The van der Waals surface area contributed by atoms with Gasteiger partial charge in [-0.2, -0.15) is 0 Å². The molecule has 0 heterocycles. The van der Waals surface area contributed by atoms with E-state index in [-0.39, 0.29) is 5.92 Å². The van der Waals surface area contributed by atoms with Crippen LogP contribution in [0.2, 0.25) is 0 Å². The molecule has 0 radical (unpaired) electrons.